The molecule has 1 heterocycles. The van der Waals surface area contributed by atoms with Crippen LogP contribution in [0.1, 0.15) is 12.8 Å². The molecule has 2 amide bonds. The third kappa shape index (κ3) is 2.04. The molecule has 0 bridgehead atoms. The van der Waals surface area contributed by atoms with E-state index in [9.17, 15) is 9.59 Å². The van der Waals surface area contributed by atoms with Gasteiger partial charge >= 0.3 is 29.6 Å². The number of hydrogen-bond acceptors (Lipinski definition) is 2. The van der Waals surface area contributed by atoms with Crippen molar-refractivity contribution in [2.45, 2.75) is 12.8 Å². The summed E-state index contributed by atoms with van der Waals surface area (Å²) in [5.41, 5.74) is 0. The van der Waals surface area contributed by atoms with Crippen LogP contribution in [0.25, 0.3) is 0 Å². The monoisotopic (exact) mass is 201 g/mol. The van der Waals surface area contributed by atoms with Crippen LogP contribution in [0.2, 0.25) is 0 Å². The summed E-state index contributed by atoms with van der Waals surface area (Å²) in [7, 11) is 0. The van der Waals surface area contributed by atoms with Crippen molar-refractivity contribution in [2.75, 3.05) is 0 Å². The van der Waals surface area contributed by atoms with E-state index in [1.165, 1.54) is 0 Å². The summed E-state index contributed by atoms with van der Waals surface area (Å²) in [5.74, 6) is -0.287. The molecule has 5 heteroatoms. The third-order valence-electron chi connectivity index (χ3n) is 0.991. The SMILES string of the molecule is O=C1CCC(=O)N1Br.[NaH]. The molecular weight excluding hydrogens is 197 g/mol. The van der Waals surface area contributed by atoms with Gasteiger partial charge in [0.15, 0.2) is 0 Å². The molecule has 9 heavy (non-hydrogen) atoms. The van der Waals surface area contributed by atoms with Gasteiger partial charge in [0.25, 0.3) is 0 Å². The average molecular weight is 202 g/mol. The second-order valence-electron chi connectivity index (χ2n) is 1.57. The number of amides is 2. The van der Waals surface area contributed by atoms with Crippen LogP contribution in [-0.4, -0.2) is 45.3 Å². The van der Waals surface area contributed by atoms with Gasteiger partial charge in [-0.1, -0.05) is 0 Å². The molecule has 1 fully saturated rings. The Hall–Kier alpha value is 0.620. The predicted octanol–water partition coefficient (Wildman–Crippen LogP) is -0.203. The molecule has 0 aliphatic carbocycles. The fourth-order valence-corrected chi connectivity index (χ4v) is 0.904. The number of carbonyl (C=O) groups is 2. The van der Waals surface area contributed by atoms with Crippen molar-refractivity contribution in [1.29, 1.82) is 0 Å². The van der Waals surface area contributed by atoms with Crippen molar-refractivity contribution in [3.63, 3.8) is 0 Å². The van der Waals surface area contributed by atoms with E-state index in [2.05, 4.69) is 16.1 Å². The van der Waals surface area contributed by atoms with E-state index in [1.807, 2.05) is 0 Å². The van der Waals surface area contributed by atoms with E-state index in [1.54, 1.807) is 0 Å². The second kappa shape index (κ2) is 3.71. The summed E-state index contributed by atoms with van der Waals surface area (Å²) in [6, 6.07) is 0. The average Bonchev–Trinajstić information content (AvgIpc) is 1.98. The fraction of sp³-hybridized carbons (Fsp3) is 0.500. The Morgan fingerprint density at radius 3 is 1.67 bits per heavy atom. The Balaban J connectivity index is 0.000000640. The van der Waals surface area contributed by atoms with E-state index in [4.69, 9.17) is 0 Å². The molecule has 1 aliphatic rings. The van der Waals surface area contributed by atoms with Crippen molar-refractivity contribution < 1.29 is 9.59 Å². The first-order chi connectivity index (χ1) is 3.72. The van der Waals surface area contributed by atoms with Gasteiger partial charge in [0.1, 0.15) is 0 Å². The van der Waals surface area contributed by atoms with Gasteiger partial charge in [-0.15, -0.1) is 0 Å². The Bertz CT molecular complexity index is 134. The van der Waals surface area contributed by atoms with E-state index in [0.717, 1.165) is 3.93 Å². The first-order valence-corrected chi connectivity index (χ1v) is 2.94. The Morgan fingerprint density at radius 2 is 1.56 bits per heavy atom. The van der Waals surface area contributed by atoms with Gasteiger partial charge in [-0.2, -0.15) is 0 Å². The molecule has 0 atom stereocenters. The van der Waals surface area contributed by atoms with E-state index in [0.29, 0.717) is 12.8 Å². The van der Waals surface area contributed by atoms with Gasteiger partial charge in [0.2, 0.25) is 11.8 Å². The maximum atomic E-state index is 10.4. The van der Waals surface area contributed by atoms with E-state index in [-0.39, 0.29) is 41.4 Å². The van der Waals surface area contributed by atoms with E-state index >= 15 is 0 Å². The predicted molar refractivity (Wildman–Crippen MR) is 37.2 cm³/mol. The van der Waals surface area contributed by atoms with Crippen molar-refractivity contribution in [1.82, 2.24) is 3.93 Å². The zero-order valence-corrected chi connectivity index (χ0v) is 5.64. The van der Waals surface area contributed by atoms with Crippen molar-refractivity contribution in [2.24, 2.45) is 0 Å². The van der Waals surface area contributed by atoms with Crippen LogP contribution in [0.4, 0.5) is 0 Å². The molecule has 3 nitrogen and oxygen atoms in total. The molecule has 0 radical (unpaired) electrons. The Labute approximate surface area is 83.4 Å². The fourth-order valence-electron chi connectivity index (χ4n) is 0.549. The summed E-state index contributed by atoms with van der Waals surface area (Å²) in [6.07, 6.45) is 0.703. The number of hydrogen-bond donors (Lipinski definition) is 0. The molecule has 0 aromatic rings. The Kier molecular flexibility index (Phi) is 3.96. The van der Waals surface area contributed by atoms with Gasteiger partial charge in [0, 0.05) is 12.8 Å². The summed E-state index contributed by atoms with van der Waals surface area (Å²) in [5, 5.41) is 0. The van der Waals surface area contributed by atoms with Crippen LogP contribution in [0.15, 0.2) is 0 Å². The van der Waals surface area contributed by atoms with E-state index < -0.39 is 0 Å². The van der Waals surface area contributed by atoms with Gasteiger partial charge in [-0.3, -0.25) is 9.59 Å². The molecular formula is C4H5BrNNaO2. The quantitative estimate of drug-likeness (QED) is 0.310. The van der Waals surface area contributed by atoms with Crippen molar-refractivity contribution >= 4 is 57.5 Å². The number of nitrogens with zero attached hydrogens (tertiary/aromatic N) is 1. The van der Waals surface area contributed by atoms with Gasteiger partial charge in [-0.25, -0.2) is 3.93 Å². The molecule has 0 N–H and O–H groups in total. The molecule has 0 unspecified atom stereocenters. The first-order valence-electron chi connectivity index (χ1n) is 2.23. The third-order valence-corrected chi connectivity index (χ3v) is 1.78. The van der Waals surface area contributed by atoms with Gasteiger partial charge in [0.05, 0.1) is 16.1 Å². The van der Waals surface area contributed by atoms with Crippen LogP contribution in [0.5, 0.6) is 0 Å². The van der Waals surface area contributed by atoms with Crippen LogP contribution < -0.4 is 0 Å². The van der Waals surface area contributed by atoms with Gasteiger partial charge < -0.3 is 0 Å². The number of rotatable bonds is 0. The summed E-state index contributed by atoms with van der Waals surface area (Å²) in [6.45, 7) is 0. The van der Waals surface area contributed by atoms with Crippen LogP contribution in [-0.2, 0) is 9.59 Å². The van der Waals surface area contributed by atoms with Crippen molar-refractivity contribution in [3.05, 3.63) is 0 Å². The molecule has 1 aliphatic heterocycles. The number of carbonyl (C=O) groups excluding carboxylic acids is 2. The van der Waals surface area contributed by atoms with Crippen molar-refractivity contribution in [3.8, 4) is 0 Å². The number of halogens is 1. The summed E-state index contributed by atoms with van der Waals surface area (Å²) < 4.78 is 0.979. The van der Waals surface area contributed by atoms with Crippen LogP contribution >= 0.6 is 16.1 Å². The number of imide groups is 1. The zero-order valence-electron chi connectivity index (χ0n) is 4.06. The zero-order chi connectivity index (χ0) is 6.15. The molecule has 0 spiro atoms. The summed E-state index contributed by atoms with van der Waals surface area (Å²) >= 11 is 2.80. The summed E-state index contributed by atoms with van der Waals surface area (Å²) in [4.78, 5) is 20.9. The minimum absolute atomic E-state index is 0. The first kappa shape index (κ1) is 9.62. The van der Waals surface area contributed by atoms with Gasteiger partial charge in [-0.05, 0) is 0 Å². The molecule has 0 saturated carbocycles. The van der Waals surface area contributed by atoms with Crippen LogP contribution in [0.3, 0.4) is 0 Å². The second-order valence-corrected chi connectivity index (χ2v) is 2.28. The standard InChI is InChI=1S/C4H4BrNO2.Na.H/c5-6-3(7)1-2-4(6)8;;/h1-2H2;;. The molecule has 0 aromatic carbocycles. The van der Waals surface area contributed by atoms with Crippen LogP contribution in [0, 0.1) is 0 Å². The topological polar surface area (TPSA) is 37.4 Å². The minimum atomic E-state index is -0.144. The normalized spacial score (nSPS) is 18.1. The molecule has 1 saturated heterocycles. The molecule has 1 rings (SSSR count). The Morgan fingerprint density at radius 1 is 1.22 bits per heavy atom. The molecule has 46 valence electrons. The maximum absolute atomic E-state index is 10.4. The molecule has 0 aromatic heterocycles.